The number of quaternary nitrogens is 1. The summed E-state index contributed by atoms with van der Waals surface area (Å²) in [5, 5.41) is 6.37. The fourth-order valence-electron chi connectivity index (χ4n) is 3.11. The number of amides is 2. The number of benzene rings is 2. The van der Waals surface area contributed by atoms with Crippen LogP contribution in [0.25, 0.3) is 0 Å². The zero-order valence-corrected chi connectivity index (χ0v) is 14.4. The van der Waals surface area contributed by atoms with Gasteiger partial charge in [-0.1, -0.05) is 35.9 Å². The van der Waals surface area contributed by atoms with Crippen LogP contribution in [0.2, 0.25) is 5.02 Å². The normalized spacial score (nSPS) is 16.3. The van der Waals surface area contributed by atoms with Crippen molar-refractivity contribution in [3.8, 4) is 0 Å². The second-order valence-corrected chi connectivity index (χ2v) is 6.62. The minimum absolute atomic E-state index is 0.170. The Morgan fingerprint density at radius 1 is 1.08 bits per heavy atom. The number of hydrogen-bond acceptors (Lipinski definition) is 1. The van der Waals surface area contributed by atoms with Gasteiger partial charge in [-0.25, -0.2) is 4.79 Å². The summed E-state index contributed by atoms with van der Waals surface area (Å²) in [6.45, 7) is 4.03. The van der Waals surface area contributed by atoms with Crippen molar-refractivity contribution in [1.82, 2.24) is 5.32 Å². The maximum absolute atomic E-state index is 11.9. The van der Waals surface area contributed by atoms with Gasteiger partial charge in [0.2, 0.25) is 0 Å². The highest BCUT2D eigenvalue weighted by Gasteiger charge is 2.18. The SMILES string of the molecule is O=C(NCCC[NH+]1CCc2ccccc2C1)Nc1ccc(Cl)cc1. The molecule has 0 aliphatic carbocycles. The van der Waals surface area contributed by atoms with E-state index in [2.05, 4.69) is 34.9 Å². The summed E-state index contributed by atoms with van der Waals surface area (Å²) in [6, 6.07) is 15.6. The highest BCUT2D eigenvalue weighted by molar-refractivity contribution is 6.30. The number of hydrogen-bond donors (Lipinski definition) is 3. The summed E-state index contributed by atoms with van der Waals surface area (Å²) < 4.78 is 0. The van der Waals surface area contributed by atoms with Gasteiger partial charge >= 0.3 is 6.03 Å². The largest absolute Gasteiger partial charge is 0.338 e. The van der Waals surface area contributed by atoms with Gasteiger partial charge < -0.3 is 15.5 Å². The molecule has 1 heterocycles. The molecule has 1 atom stereocenters. The Labute approximate surface area is 147 Å². The van der Waals surface area contributed by atoms with Gasteiger partial charge in [0.25, 0.3) is 0 Å². The van der Waals surface area contributed by atoms with Gasteiger partial charge in [-0.2, -0.15) is 0 Å². The van der Waals surface area contributed by atoms with Gasteiger partial charge in [0.15, 0.2) is 0 Å². The smallest absolute Gasteiger partial charge is 0.319 e. The molecule has 0 aromatic heterocycles. The standard InChI is InChI=1S/C19H22ClN3O/c20-17-6-8-18(9-7-17)22-19(24)21-11-3-12-23-13-10-15-4-1-2-5-16(15)14-23/h1-2,4-9H,3,10-14H2,(H2,21,22,24)/p+1. The lowest BCUT2D eigenvalue weighted by Crippen LogP contribution is -3.11. The average Bonchev–Trinajstić information content (AvgIpc) is 2.60. The Kier molecular flexibility index (Phi) is 5.72. The number of halogens is 1. The van der Waals surface area contributed by atoms with Gasteiger partial charge in [-0.05, 0) is 29.8 Å². The molecule has 0 fully saturated rings. The molecule has 126 valence electrons. The van der Waals surface area contributed by atoms with E-state index in [0.29, 0.717) is 11.6 Å². The Bertz CT molecular complexity index is 687. The number of fused-ring (bicyclic) bond motifs is 1. The number of nitrogens with one attached hydrogen (secondary N) is 3. The molecule has 2 aromatic rings. The van der Waals surface area contributed by atoms with E-state index >= 15 is 0 Å². The molecule has 2 aromatic carbocycles. The van der Waals surface area contributed by atoms with Gasteiger partial charge in [0.1, 0.15) is 6.54 Å². The molecule has 0 saturated heterocycles. The minimum Gasteiger partial charge on any atom is -0.338 e. The lowest BCUT2D eigenvalue weighted by molar-refractivity contribution is -0.916. The fraction of sp³-hybridized carbons (Fsp3) is 0.316. The third kappa shape index (κ3) is 4.73. The van der Waals surface area contributed by atoms with Crippen molar-refractivity contribution in [3.05, 3.63) is 64.7 Å². The molecule has 3 N–H and O–H groups in total. The fourth-order valence-corrected chi connectivity index (χ4v) is 3.23. The molecule has 0 saturated carbocycles. The van der Waals surface area contributed by atoms with Crippen LogP contribution >= 0.6 is 11.6 Å². The molecule has 0 spiro atoms. The molecule has 24 heavy (non-hydrogen) atoms. The maximum Gasteiger partial charge on any atom is 0.319 e. The van der Waals surface area contributed by atoms with Crippen molar-refractivity contribution in [1.29, 1.82) is 0 Å². The zero-order valence-electron chi connectivity index (χ0n) is 13.6. The van der Waals surface area contributed by atoms with Crippen molar-refractivity contribution in [2.75, 3.05) is 25.0 Å². The van der Waals surface area contributed by atoms with Gasteiger partial charge in [-0.15, -0.1) is 0 Å². The molecule has 1 aliphatic heterocycles. The predicted octanol–water partition coefficient (Wildman–Crippen LogP) is 2.49. The minimum atomic E-state index is -0.170. The molecule has 5 heteroatoms. The second-order valence-electron chi connectivity index (χ2n) is 6.19. The van der Waals surface area contributed by atoms with Crippen molar-refractivity contribution in [2.24, 2.45) is 0 Å². The van der Waals surface area contributed by atoms with E-state index in [-0.39, 0.29) is 6.03 Å². The van der Waals surface area contributed by atoms with Crippen molar-refractivity contribution in [2.45, 2.75) is 19.4 Å². The van der Waals surface area contributed by atoms with Crippen LogP contribution in [0.4, 0.5) is 10.5 Å². The van der Waals surface area contributed by atoms with E-state index in [1.807, 2.05) is 0 Å². The first-order valence-corrected chi connectivity index (χ1v) is 8.79. The lowest BCUT2D eigenvalue weighted by atomic mass is 10.00. The first-order chi connectivity index (χ1) is 11.7. The number of rotatable bonds is 5. The van der Waals surface area contributed by atoms with E-state index in [9.17, 15) is 4.79 Å². The van der Waals surface area contributed by atoms with Crippen molar-refractivity contribution >= 4 is 23.3 Å². The topological polar surface area (TPSA) is 45.6 Å². The van der Waals surface area contributed by atoms with Gasteiger partial charge in [0, 0.05) is 35.7 Å². The first kappa shape index (κ1) is 16.8. The predicted molar refractivity (Wildman–Crippen MR) is 97.6 cm³/mol. The Morgan fingerprint density at radius 3 is 2.62 bits per heavy atom. The first-order valence-electron chi connectivity index (χ1n) is 8.41. The highest BCUT2D eigenvalue weighted by Crippen LogP contribution is 2.13. The van der Waals surface area contributed by atoms with E-state index < -0.39 is 0 Å². The average molecular weight is 345 g/mol. The van der Waals surface area contributed by atoms with E-state index in [4.69, 9.17) is 11.6 Å². The quantitative estimate of drug-likeness (QED) is 0.717. The van der Waals surface area contributed by atoms with Crippen LogP contribution in [0.1, 0.15) is 17.5 Å². The molecule has 0 bridgehead atoms. The Morgan fingerprint density at radius 2 is 1.83 bits per heavy atom. The summed E-state index contributed by atoms with van der Waals surface area (Å²) >= 11 is 5.83. The third-order valence-corrected chi connectivity index (χ3v) is 4.65. The molecule has 1 unspecified atom stereocenters. The van der Waals surface area contributed by atoms with Crippen LogP contribution in [-0.4, -0.2) is 25.7 Å². The highest BCUT2D eigenvalue weighted by atomic mass is 35.5. The summed E-state index contributed by atoms with van der Waals surface area (Å²) in [5.74, 6) is 0. The van der Waals surface area contributed by atoms with Gasteiger partial charge in [-0.3, -0.25) is 0 Å². The molecule has 1 aliphatic rings. The summed E-state index contributed by atoms with van der Waals surface area (Å²) in [6.07, 6.45) is 2.13. The van der Waals surface area contributed by atoms with Crippen LogP contribution in [0.5, 0.6) is 0 Å². The monoisotopic (exact) mass is 344 g/mol. The van der Waals surface area contributed by atoms with E-state index in [1.165, 1.54) is 17.7 Å². The number of carbonyl (C=O) groups is 1. The lowest BCUT2D eigenvalue weighted by Gasteiger charge is -2.25. The summed E-state index contributed by atoms with van der Waals surface area (Å²) in [5.41, 5.74) is 3.70. The number of anilines is 1. The summed E-state index contributed by atoms with van der Waals surface area (Å²) in [4.78, 5) is 13.4. The Hall–Kier alpha value is -2.04. The van der Waals surface area contributed by atoms with Crippen LogP contribution < -0.4 is 15.5 Å². The zero-order chi connectivity index (χ0) is 16.8. The summed E-state index contributed by atoms with van der Waals surface area (Å²) in [7, 11) is 0. The van der Waals surface area contributed by atoms with Gasteiger partial charge in [0.05, 0.1) is 13.1 Å². The maximum atomic E-state index is 11.9. The molecular weight excluding hydrogens is 322 g/mol. The number of carbonyl (C=O) groups excluding carboxylic acids is 1. The molecule has 3 rings (SSSR count). The van der Waals surface area contributed by atoms with Crippen molar-refractivity contribution < 1.29 is 9.69 Å². The van der Waals surface area contributed by atoms with Crippen molar-refractivity contribution in [3.63, 3.8) is 0 Å². The van der Waals surface area contributed by atoms with Crippen LogP contribution in [0.3, 0.4) is 0 Å². The van der Waals surface area contributed by atoms with Crippen LogP contribution in [0.15, 0.2) is 48.5 Å². The molecular formula is C19H23ClN3O+. The molecule has 2 amide bonds. The third-order valence-electron chi connectivity index (χ3n) is 4.40. The Balaban J connectivity index is 1.35. The second kappa shape index (κ2) is 8.18. The van der Waals surface area contributed by atoms with Crippen LogP contribution in [0, 0.1) is 0 Å². The number of urea groups is 1. The molecule has 4 nitrogen and oxygen atoms in total. The van der Waals surface area contributed by atoms with E-state index in [0.717, 1.165) is 31.6 Å². The van der Waals surface area contributed by atoms with Crippen LogP contribution in [-0.2, 0) is 13.0 Å². The molecule has 0 radical (unpaired) electrons. The van der Waals surface area contributed by atoms with E-state index in [1.54, 1.807) is 29.2 Å².